The molecule has 1 rings (SSSR count). The Bertz CT molecular complexity index is 213. The summed E-state index contributed by atoms with van der Waals surface area (Å²) >= 11 is 0. The minimum atomic E-state index is 0.759. The summed E-state index contributed by atoms with van der Waals surface area (Å²) in [7, 11) is 0. The fourth-order valence-electron chi connectivity index (χ4n) is 1.73. The molecule has 0 amide bonds. The molecule has 71 valence electrons. The zero-order valence-corrected chi connectivity index (χ0v) is 8.72. The molecule has 0 spiro atoms. The van der Waals surface area contributed by atoms with E-state index >= 15 is 0 Å². The van der Waals surface area contributed by atoms with E-state index in [0.717, 1.165) is 5.92 Å². The molecule has 0 bridgehead atoms. The van der Waals surface area contributed by atoms with Crippen molar-refractivity contribution in [1.82, 2.24) is 0 Å². The summed E-state index contributed by atoms with van der Waals surface area (Å²) in [4.78, 5) is 0. The van der Waals surface area contributed by atoms with Gasteiger partial charge in [0.2, 0.25) is 0 Å². The second-order valence-corrected chi connectivity index (χ2v) is 3.58. The van der Waals surface area contributed by atoms with Crippen LogP contribution in [-0.4, -0.2) is 0 Å². The van der Waals surface area contributed by atoms with E-state index in [1.165, 1.54) is 31.2 Å². The molecule has 0 N–H and O–H groups in total. The topological polar surface area (TPSA) is 0 Å². The maximum atomic E-state index is 3.07. The van der Waals surface area contributed by atoms with Gasteiger partial charge in [-0.25, -0.2) is 0 Å². The van der Waals surface area contributed by atoms with E-state index in [9.17, 15) is 0 Å². The number of rotatable bonds is 5. The minimum Gasteiger partial charge on any atom is -0.0654 e. The molecule has 0 saturated carbocycles. The Hall–Kier alpha value is -0.780. The van der Waals surface area contributed by atoms with Crippen LogP contribution in [0.5, 0.6) is 0 Å². The van der Waals surface area contributed by atoms with Crippen molar-refractivity contribution < 1.29 is 0 Å². The van der Waals surface area contributed by atoms with Gasteiger partial charge in [0.05, 0.1) is 0 Å². The van der Waals surface area contributed by atoms with E-state index in [4.69, 9.17) is 0 Å². The molecule has 1 atom stereocenters. The van der Waals surface area contributed by atoms with E-state index in [0.29, 0.717) is 0 Å². The molecule has 1 aromatic carbocycles. The summed E-state index contributed by atoms with van der Waals surface area (Å²) in [5.41, 5.74) is 1.48. The molecule has 0 heteroatoms. The molecule has 13 heavy (non-hydrogen) atoms. The third kappa shape index (κ3) is 3.22. The molecule has 1 radical (unpaired) electrons. The van der Waals surface area contributed by atoms with Gasteiger partial charge in [-0.2, -0.15) is 0 Å². The zero-order chi connectivity index (χ0) is 9.52. The lowest BCUT2D eigenvalue weighted by atomic mass is 9.91. The predicted molar refractivity (Wildman–Crippen MR) is 57.8 cm³/mol. The first kappa shape index (κ1) is 10.3. The first-order valence-electron chi connectivity index (χ1n) is 5.34. The Labute approximate surface area is 82.0 Å². The Morgan fingerprint density at radius 2 is 1.92 bits per heavy atom. The summed E-state index contributed by atoms with van der Waals surface area (Å²) in [5, 5.41) is 0. The molecule has 0 aliphatic heterocycles. The summed E-state index contributed by atoms with van der Waals surface area (Å²) in [6.07, 6.45) is 5.23. The number of unbranched alkanes of at least 4 members (excludes halogenated alkanes) is 1. The Morgan fingerprint density at radius 3 is 2.46 bits per heavy atom. The van der Waals surface area contributed by atoms with Crippen LogP contribution in [-0.2, 0) is 0 Å². The highest BCUT2D eigenvalue weighted by Crippen LogP contribution is 2.24. The van der Waals surface area contributed by atoms with Crippen molar-refractivity contribution in [2.45, 2.75) is 45.4 Å². The lowest BCUT2D eigenvalue weighted by Gasteiger charge is -2.14. The van der Waals surface area contributed by atoms with Gasteiger partial charge in [0.25, 0.3) is 0 Å². The summed E-state index contributed by atoms with van der Waals surface area (Å²) in [5.74, 6) is 0.759. The molecule has 0 heterocycles. The van der Waals surface area contributed by atoms with Gasteiger partial charge < -0.3 is 0 Å². The van der Waals surface area contributed by atoms with Crippen LogP contribution in [0.15, 0.2) is 24.3 Å². The van der Waals surface area contributed by atoms with Gasteiger partial charge >= 0.3 is 0 Å². The molecule has 0 saturated heterocycles. The highest BCUT2D eigenvalue weighted by Gasteiger charge is 2.06. The summed E-state index contributed by atoms with van der Waals surface area (Å²) in [6, 6.07) is 11.5. The van der Waals surface area contributed by atoms with Crippen molar-refractivity contribution >= 4 is 0 Å². The SMILES string of the molecule is CCCCC(CC)c1cc[c]cc1. The van der Waals surface area contributed by atoms with Crippen LogP contribution in [0.25, 0.3) is 0 Å². The maximum absolute atomic E-state index is 3.07. The van der Waals surface area contributed by atoms with Gasteiger partial charge in [0.15, 0.2) is 0 Å². The third-order valence-electron chi connectivity index (χ3n) is 2.61. The van der Waals surface area contributed by atoms with Crippen molar-refractivity contribution in [2.75, 3.05) is 0 Å². The van der Waals surface area contributed by atoms with Crippen molar-refractivity contribution in [1.29, 1.82) is 0 Å². The second-order valence-electron chi connectivity index (χ2n) is 3.58. The van der Waals surface area contributed by atoms with E-state index in [2.05, 4.69) is 32.0 Å². The number of hydrogen-bond acceptors (Lipinski definition) is 0. The molecule has 1 unspecified atom stereocenters. The molecule has 0 aromatic heterocycles. The van der Waals surface area contributed by atoms with Gasteiger partial charge in [-0.3, -0.25) is 0 Å². The quantitative estimate of drug-likeness (QED) is 0.630. The van der Waals surface area contributed by atoms with Gasteiger partial charge in [0.1, 0.15) is 0 Å². The van der Waals surface area contributed by atoms with Gasteiger partial charge in [-0.05, 0) is 30.4 Å². The highest BCUT2D eigenvalue weighted by molar-refractivity contribution is 5.18. The predicted octanol–water partition coefficient (Wildman–Crippen LogP) is 4.17. The van der Waals surface area contributed by atoms with Gasteiger partial charge in [-0.15, -0.1) is 0 Å². The maximum Gasteiger partial charge on any atom is -0.0165 e. The standard InChI is InChI=1S/C13H19/c1-3-5-9-12(4-2)13-10-7-6-8-11-13/h7-8,10-12H,3-5,9H2,1-2H3. The fourth-order valence-corrected chi connectivity index (χ4v) is 1.73. The van der Waals surface area contributed by atoms with Crippen molar-refractivity contribution in [3.63, 3.8) is 0 Å². The van der Waals surface area contributed by atoms with Crippen LogP contribution in [0.2, 0.25) is 0 Å². The second kappa shape index (κ2) is 5.80. The smallest absolute Gasteiger partial charge is 0.0165 e. The molecule has 1 aromatic rings. The highest BCUT2D eigenvalue weighted by atomic mass is 14.1. The van der Waals surface area contributed by atoms with Crippen LogP contribution in [0.4, 0.5) is 0 Å². The molecular weight excluding hydrogens is 156 g/mol. The van der Waals surface area contributed by atoms with Crippen LogP contribution in [0.3, 0.4) is 0 Å². The number of hydrogen-bond donors (Lipinski definition) is 0. The average molecular weight is 175 g/mol. The summed E-state index contributed by atoms with van der Waals surface area (Å²) < 4.78 is 0. The van der Waals surface area contributed by atoms with E-state index in [1.54, 1.807) is 0 Å². The summed E-state index contributed by atoms with van der Waals surface area (Å²) in [6.45, 7) is 4.53. The zero-order valence-electron chi connectivity index (χ0n) is 8.72. The van der Waals surface area contributed by atoms with Crippen LogP contribution < -0.4 is 0 Å². The molecule has 0 fully saturated rings. The third-order valence-corrected chi connectivity index (χ3v) is 2.61. The molecule has 0 aliphatic carbocycles. The monoisotopic (exact) mass is 175 g/mol. The van der Waals surface area contributed by atoms with Crippen molar-refractivity contribution in [2.24, 2.45) is 0 Å². The van der Waals surface area contributed by atoms with Crippen molar-refractivity contribution in [3.05, 3.63) is 35.9 Å². The van der Waals surface area contributed by atoms with Gasteiger partial charge in [-0.1, -0.05) is 51.0 Å². The minimum absolute atomic E-state index is 0.759. The van der Waals surface area contributed by atoms with E-state index in [-0.39, 0.29) is 0 Å². The largest absolute Gasteiger partial charge is 0.0654 e. The lowest BCUT2D eigenvalue weighted by Crippen LogP contribution is -1.96. The van der Waals surface area contributed by atoms with Crippen LogP contribution in [0.1, 0.15) is 51.0 Å². The Balaban J connectivity index is 2.56. The van der Waals surface area contributed by atoms with Crippen LogP contribution >= 0.6 is 0 Å². The fraction of sp³-hybridized carbons (Fsp3) is 0.538. The van der Waals surface area contributed by atoms with Crippen molar-refractivity contribution in [3.8, 4) is 0 Å². The number of benzene rings is 1. The molecular formula is C13H19. The van der Waals surface area contributed by atoms with Gasteiger partial charge in [0, 0.05) is 0 Å². The molecule has 0 aliphatic rings. The first-order chi connectivity index (χ1) is 6.38. The average Bonchev–Trinajstić information content (AvgIpc) is 2.21. The lowest BCUT2D eigenvalue weighted by molar-refractivity contribution is 0.570. The normalized spacial score (nSPS) is 12.8. The van der Waals surface area contributed by atoms with E-state index in [1.807, 2.05) is 12.1 Å². The first-order valence-corrected chi connectivity index (χ1v) is 5.34. The Kier molecular flexibility index (Phi) is 4.59. The van der Waals surface area contributed by atoms with E-state index < -0.39 is 0 Å². The van der Waals surface area contributed by atoms with Crippen LogP contribution in [0, 0.1) is 6.07 Å². The molecule has 0 nitrogen and oxygen atoms in total. The Morgan fingerprint density at radius 1 is 1.23 bits per heavy atom.